The van der Waals surface area contributed by atoms with Gasteiger partial charge in [-0.25, -0.2) is 4.39 Å². The maximum Gasteiger partial charge on any atom is 0.253 e. The van der Waals surface area contributed by atoms with Crippen molar-refractivity contribution in [1.82, 2.24) is 10.6 Å². The van der Waals surface area contributed by atoms with Crippen LogP contribution in [0.2, 0.25) is 0 Å². The predicted octanol–water partition coefficient (Wildman–Crippen LogP) is 3.86. The molecule has 0 bridgehead atoms. The molecule has 3 aromatic rings. The lowest BCUT2D eigenvalue weighted by Crippen LogP contribution is -2.24. The van der Waals surface area contributed by atoms with E-state index in [1.165, 1.54) is 12.1 Å². The third kappa shape index (κ3) is 4.73. The highest BCUT2D eigenvalue weighted by Crippen LogP contribution is 2.21. The number of amides is 2. The molecule has 0 radical (unpaired) electrons. The number of benzene rings is 3. The SMILES string of the molecule is CNC(=O)c1cccc(CNC(=O)c2ccccc2Nc2ccc(F)cc2)c1. The fraction of sp³-hybridized carbons (Fsp3) is 0.0909. The summed E-state index contributed by atoms with van der Waals surface area (Å²) in [5, 5.41) is 8.57. The molecule has 28 heavy (non-hydrogen) atoms. The van der Waals surface area contributed by atoms with Crippen LogP contribution in [-0.2, 0) is 6.54 Å². The van der Waals surface area contributed by atoms with Gasteiger partial charge in [0.2, 0.25) is 0 Å². The topological polar surface area (TPSA) is 70.2 Å². The molecule has 0 spiro atoms. The molecule has 142 valence electrons. The molecule has 2 amide bonds. The number of hydrogen-bond donors (Lipinski definition) is 3. The smallest absolute Gasteiger partial charge is 0.253 e. The molecule has 3 rings (SSSR count). The maximum absolute atomic E-state index is 13.1. The highest BCUT2D eigenvalue weighted by Gasteiger charge is 2.11. The Kier molecular flexibility index (Phi) is 6.01. The molecule has 0 heterocycles. The molecule has 3 aromatic carbocycles. The summed E-state index contributed by atoms with van der Waals surface area (Å²) in [5.74, 6) is -0.756. The Morgan fingerprint density at radius 2 is 1.64 bits per heavy atom. The zero-order valence-electron chi connectivity index (χ0n) is 15.3. The molecule has 0 saturated heterocycles. The molecule has 0 aliphatic carbocycles. The van der Waals surface area contributed by atoms with Gasteiger partial charge in [-0.2, -0.15) is 0 Å². The molecule has 0 aliphatic rings. The lowest BCUT2D eigenvalue weighted by molar-refractivity contribution is 0.0949. The van der Waals surface area contributed by atoms with Crippen molar-refractivity contribution in [3.05, 3.63) is 95.3 Å². The summed E-state index contributed by atoms with van der Waals surface area (Å²) in [5.41, 5.74) is 3.12. The minimum atomic E-state index is -0.324. The predicted molar refractivity (Wildman–Crippen MR) is 107 cm³/mol. The molecule has 0 saturated carbocycles. The van der Waals surface area contributed by atoms with Gasteiger partial charge in [0.25, 0.3) is 11.8 Å². The number of nitrogens with one attached hydrogen (secondary N) is 3. The van der Waals surface area contributed by atoms with E-state index in [0.29, 0.717) is 22.5 Å². The summed E-state index contributed by atoms with van der Waals surface area (Å²) in [6, 6.07) is 20.1. The van der Waals surface area contributed by atoms with Gasteiger partial charge in [0.05, 0.1) is 11.3 Å². The van der Waals surface area contributed by atoms with Crippen LogP contribution < -0.4 is 16.0 Å². The Morgan fingerprint density at radius 1 is 0.893 bits per heavy atom. The van der Waals surface area contributed by atoms with Crippen LogP contribution in [-0.4, -0.2) is 18.9 Å². The van der Waals surface area contributed by atoms with E-state index in [-0.39, 0.29) is 24.2 Å². The first-order chi connectivity index (χ1) is 13.6. The van der Waals surface area contributed by atoms with Crippen molar-refractivity contribution in [3.8, 4) is 0 Å². The van der Waals surface area contributed by atoms with Gasteiger partial charge in [-0.15, -0.1) is 0 Å². The quantitative estimate of drug-likeness (QED) is 0.611. The number of carbonyl (C=O) groups excluding carboxylic acids is 2. The Bertz CT molecular complexity index is 987. The highest BCUT2D eigenvalue weighted by molar-refractivity contribution is 6.00. The fourth-order valence-corrected chi connectivity index (χ4v) is 2.72. The van der Waals surface area contributed by atoms with Crippen LogP contribution >= 0.6 is 0 Å². The lowest BCUT2D eigenvalue weighted by Gasteiger charge is -2.13. The summed E-state index contributed by atoms with van der Waals surface area (Å²) in [7, 11) is 1.57. The largest absolute Gasteiger partial charge is 0.355 e. The van der Waals surface area contributed by atoms with Crippen molar-refractivity contribution in [2.75, 3.05) is 12.4 Å². The molecule has 3 N–H and O–H groups in total. The van der Waals surface area contributed by atoms with Crippen LogP contribution in [0, 0.1) is 5.82 Å². The number of hydrogen-bond acceptors (Lipinski definition) is 3. The minimum absolute atomic E-state index is 0.179. The zero-order valence-corrected chi connectivity index (χ0v) is 15.3. The summed E-state index contributed by atoms with van der Waals surface area (Å²) in [6.07, 6.45) is 0. The van der Waals surface area contributed by atoms with Gasteiger partial charge in [-0.3, -0.25) is 9.59 Å². The zero-order chi connectivity index (χ0) is 19.9. The number of anilines is 2. The number of rotatable bonds is 6. The van der Waals surface area contributed by atoms with Crippen molar-refractivity contribution in [3.63, 3.8) is 0 Å². The van der Waals surface area contributed by atoms with Crippen LogP contribution in [0.3, 0.4) is 0 Å². The van der Waals surface area contributed by atoms with E-state index in [9.17, 15) is 14.0 Å². The van der Waals surface area contributed by atoms with Gasteiger partial charge in [0, 0.05) is 24.8 Å². The first-order valence-electron chi connectivity index (χ1n) is 8.77. The van der Waals surface area contributed by atoms with E-state index in [1.54, 1.807) is 55.6 Å². The number of para-hydroxylation sites is 1. The molecular formula is C22H20FN3O2. The average molecular weight is 377 g/mol. The normalized spacial score (nSPS) is 10.2. The van der Waals surface area contributed by atoms with Crippen LogP contribution in [0.25, 0.3) is 0 Å². The molecule has 5 nitrogen and oxygen atoms in total. The van der Waals surface area contributed by atoms with Crippen molar-refractivity contribution in [2.45, 2.75) is 6.54 Å². The monoisotopic (exact) mass is 377 g/mol. The second kappa shape index (κ2) is 8.81. The third-order valence-electron chi connectivity index (χ3n) is 4.16. The van der Waals surface area contributed by atoms with Crippen LogP contribution in [0.1, 0.15) is 26.3 Å². The van der Waals surface area contributed by atoms with Crippen molar-refractivity contribution >= 4 is 23.2 Å². The standard InChI is InChI=1S/C22H20FN3O2/c1-24-21(27)16-6-4-5-15(13-16)14-25-22(28)19-7-2-3-8-20(19)26-18-11-9-17(23)10-12-18/h2-13,26H,14H2,1H3,(H,24,27)(H,25,28). The van der Waals surface area contributed by atoms with Crippen molar-refractivity contribution in [1.29, 1.82) is 0 Å². The molecule has 0 atom stereocenters. The van der Waals surface area contributed by atoms with E-state index >= 15 is 0 Å². The van der Waals surface area contributed by atoms with Crippen molar-refractivity contribution < 1.29 is 14.0 Å². The first-order valence-corrected chi connectivity index (χ1v) is 8.77. The van der Waals surface area contributed by atoms with E-state index in [2.05, 4.69) is 16.0 Å². The molecule has 6 heteroatoms. The van der Waals surface area contributed by atoms with E-state index in [1.807, 2.05) is 12.1 Å². The summed E-state index contributed by atoms with van der Waals surface area (Å²) in [6.45, 7) is 0.286. The summed E-state index contributed by atoms with van der Waals surface area (Å²) >= 11 is 0. The third-order valence-corrected chi connectivity index (χ3v) is 4.16. The number of carbonyl (C=O) groups is 2. The van der Waals surface area contributed by atoms with E-state index in [0.717, 1.165) is 5.56 Å². The Labute approximate surface area is 162 Å². The highest BCUT2D eigenvalue weighted by atomic mass is 19.1. The molecule has 0 aliphatic heterocycles. The second-order valence-electron chi connectivity index (χ2n) is 6.14. The molecular weight excluding hydrogens is 357 g/mol. The van der Waals surface area contributed by atoms with Gasteiger partial charge >= 0.3 is 0 Å². The van der Waals surface area contributed by atoms with Crippen LogP contribution in [0.4, 0.5) is 15.8 Å². The van der Waals surface area contributed by atoms with Gasteiger partial charge in [0.15, 0.2) is 0 Å². The van der Waals surface area contributed by atoms with Crippen LogP contribution in [0.5, 0.6) is 0 Å². The van der Waals surface area contributed by atoms with Gasteiger partial charge in [-0.05, 0) is 54.1 Å². The lowest BCUT2D eigenvalue weighted by atomic mass is 10.1. The second-order valence-corrected chi connectivity index (χ2v) is 6.14. The summed E-state index contributed by atoms with van der Waals surface area (Å²) < 4.78 is 13.1. The number of halogens is 1. The van der Waals surface area contributed by atoms with Crippen LogP contribution in [0.15, 0.2) is 72.8 Å². The van der Waals surface area contributed by atoms with Gasteiger partial charge in [0.1, 0.15) is 5.82 Å². The molecule has 0 aromatic heterocycles. The Hall–Kier alpha value is -3.67. The van der Waals surface area contributed by atoms with Gasteiger partial charge < -0.3 is 16.0 Å². The van der Waals surface area contributed by atoms with E-state index in [4.69, 9.17) is 0 Å². The van der Waals surface area contributed by atoms with Crippen molar-refractivity contribution in [2.24, 2.45) is 0 Å². The fourth-order valence-electron chi connectivity index (χ4n) is 2.72. The Morgan fingerprint density at radius 3 is 2.39 bits per heavy atom. The minimum Gasteiger partial charge on any atom is -0.355 e. The summed E-state index contributed by atoms with van der Waals surface area (Å²) in [4.78, 5) is 24.4. The average Bonchev–Trinajstić information content (AvgIpc) is 2.73. The van der Waals surface area contributed by atoms with E-state index < -0.39 is 0 Å². The maximum atomic E-state index is 13.1. The first kappa shape index (κ1) is 19.1. The van der Waals surface area contributed by atoms with Gasteiger partial charge in [-0.1, -0.05) is 24.3 Å². The molecule has 0 fully saturated rings. The molecule has 0 unspecified atom stereocenters. The Balaban J connectivity index is 1.71.